The standard InChI is InChI=1S/C15H21N3O4S/c1-15(14(19)20)6-7-18(10-15)13-5-4-12(9-16-13)23(21,22)17-8-11-2-3-11/h4-5,9,11,17H,2-3,6-8,10H2,1H3,(H,19,20). The molecule has 1 aliphatic carbocycles. The Morgan fingerprint density at radius 3 is 2.74 bits per heavy atom. The van der Waals surface area contributed by atoms with Gasteiger partial charge in [-0.25, -0.2) is 18.1 Å². The fraction of sp³-hybridized carbons (Fsp3) is 0.600. The Morgan fingerprint density at radius 2 is 2.22 bits per heavy atom. The molecule has 0 radical (unpaired) electrons. The summed E-state index contributed by atoms with van der Waals surface area (Å²) < 4.78 is 26.9. The summed E-state index contributed by atoms with van der Waals surface area (Å²) in [7, 11) is -3.52. The van der Waals surface area contributed by atoms with Crippen LogP contribution in [0.3, 0.4) is 0 Å². The Kier molecular flexibility index (Phi) is 4.05. The van der Waals surface area contributed by atoms with Gasteiger partial charge in [-0.05, 0) is 44.2 Å². The van der Waals surface area contributed by atoms with Crippen molar-refractivity contribution in [2.24, 2.45) is 11.3 Å². The van der Waals surface area contributed by atoms with E-state index in [2.05, 4.69) is 9.71 Å². The number of nitrogens with one attached hydrogen (secondary N) is 1. The van der Waals surface area contributed by atoms with Crippen molar-refractivity contribution in [3.05, 3.63) is 18.3 Å². The van der Waals surface area contributed by atoms with Crippen molar-refractivity contribution < 1.29 is 18.3 Å². The number of carboxylic acid groups (broad SMARTS) is 1. The van der Waals surface area contributed by atoms with Crippen molar-refractivity contribution in [1.29, 1.82) is 0 Å². The van der Waals surface area contributed by atoms with Gasteiger partial charge in [0.05, 0.1) is 5.41 Å². The summed E-state index contributed by atoms with van der Waals surface area (Å²) in [5.74, 6) is 0.259. The Bertz CT molecular complexity index is 700. The van der Waals surface area contributed by atoms with Crippen LogP contribution < -0.4 is 9.62 Å². The third kappa shape index (κ3) is 3.48. The van der Waals surface area contributed by atoms with E-state index in [4.69, 9.17) is 0 Å². The fourth-order valence-corrected chi connectivity index (χ4v) is 3.74. The second-order valence-corrected chi connectivity index (χ2v) is 8.45. The highest BCUT2D eigenvalue weighted by atomic mass is 32.2. The minimum Gasteiger partial charge on any atom is -0.481 e. The van der Waals surface area contributed by atoms with Gasteiger partial charge in [0.2, 0.25) is 10.0 Å². The van der Waals surface area contributed by atoms with Crippen molar-refractivity contribution in [3.63, 3.8) is 0 Å². The lowest BCUT2D eigenvalue weighted by atomic mass is 9.90. The van der Waals surface area contributed by atoms with Gasteiger partial charge < -0.3 is 10.0 Å². The zero-order chi connectivity index (χ0) is 16.7. The van der Waals surface area contributed by atoms with E-state index in [-0.39, 0.29) is 4.90 Å². The number of aliphatic carboxylic acids is 1. The third-order valence-electron chi connectivity index (χ3n) is 4.60. The highest BCUT2D eigenvalue weighted by molar-refractivity contribution is 7.89. The summed E-state index contributed by atoms with van der Waals surface area (Å²) in [6.45, 7) is 3.17. The predicted molar refractivity (Wildman–Crippen MR) is 84.7 cm³/mol. The minimum atomic E-state index is -3.52. The highest BCUT2D eigenvalue weighted by Crippen LogP contribution is 2.33. The number of anilines is 1. The number of nitrogens with zero attached hydrogens (tertiary/aromatic N) is 2. The zero-order valence-electron chi connectivity index (χ0n) is 13.0. The Balaban J connectivity index is 1.68. The Hall–Kier alpha value is -1.67. The molecule has 2 heterocycles. The molecule has 8 heteroatoms. The molecule has 2 N–H and O–H groups in total. The van der Waals surface area contributed by atoms with Gasteiger partial charge in [0.15, 0.2) is 0 Å². The number of carboxylic acids is 1. The van der Waals surface area contributed by atoms with Gasteiger partial charge in [-0.3, -0.25) is 4.79 Å². The van der Waals surface area contributed by atoms with Crippen LogP contribution in [0.25, 0.3) is 0 Å². The summed E-state index contributed by atoms with van der Waals surface area (Å²) in [4.78, 5) is 17.5. The normalized spacial score (nSPS) is 24.8. The molecule has 2 fully saturated rings. The third-order valence-corrected chi connectivity index (χ3v) is 6.01. The molecule has 1 saturated carbocycles. The molecule has 3 rings (SSSR count). The number of sulfonamides is 1. The molecule has 23 heavy (non-hydrogen) atoms. The average Bonchev–Trinajstić information content (AvgIpc) is 3.26. The molecule has 0 spiro atoms. The summed E-state index contributed by atoms with van der Waals surface area (Å²) in [5.41, 5.74) is -0.780. The van der Waals surface area contributed by atoms with Crippen molar-refractivity contribution in [3.8, 4) is 0 Å². The van der Waals surface area contributed by atoms with Crippen LogP contribution in [-0.2, 0) is 14.8 Å². The number of hydrogen-bond acceptors (Lipinski definition) is 5. The van der Waals surface area contributed by atoms with E-state index in [9.17, 15) is 18.3 Å². The van der Waals surface area contributed by atoms with Crippen molar-refractivity contribution >= 4 is 21.8 Å². The maximum Gasteiger partial charge on any atom is 0.311 e. The van der Waals surface area contributed by atoms with E-state index in [0.29, 0.717) is 37.8 Å². The molecule has 1 aliphatic heterocycles. The first-order chi connectivity index (χ1) is 10.8. The second-order valence-electron chi connectivity index (χ2n) is 6.68. The summed E-state index contributed by atoms with van der Waals surface area (Å²) in [6, 6.07) is 3.16. The maximum atomic E-state index is 12.1. The lowest BCUT2D eigenvalue weighted by Crippen LogP contribution is -2.32. The molecule has 1 unspecified atom stereocenters. The molecule has 126 valence electrons. The van der Waals surface area contributed by atoms with E-state index in [0.717, 1.165) is 12.8 Å². The topological polar surface area (TPSA) is 99.6 Å². The number of carbonyl (C=O) groups is 1. The van der Waals surface area contributed by atoms with E-state index in [1.807, 2.05) is 4.90 Å². The first kappa shape index (κ1) is 16.2. The molecule has 1 aromatic rings. The van der Waals surface area contributed by atoms with Crippen LogP contribution in [0, 0.1) is 11.3 Å². The molecule has 0 amide bonds. The lowest BCUT2D eigenvalue weighted by Gasteiger charge is -2.21. The molecule has 1 atom stereocenters. The predicted octanol–water partition coefficient (Wildman–Crippen LogP) is 1.07. The minimum absolute atomic E-state index is 0.141. The summed E-state index contributed by atoms with van der Waals surface area (Å²) >= 11 is 0. The Labute approximate surface area is 135 Å². The van der Waals surface area contributed by atoms with Crippen LogP contribution in [0.4, 0.5) is 5.82 Å². The average molecular weight is 339 g/mol. The molecule has 0 bridgehead atoms. The smallest absolute Gasteiger partial charge is 0.311 e. The van der Waals surface area contributed by atoms with Gasteiger partial charge >= 0.3 is 5.97 Å². The largest absolute Gasteiger partial charge is 0.481 e. The van der Waals surface area contributed by atoms with Gasteiger partial charge in [-0.15, -0.1) is 0 Å². The van der Waals surface area contributed by atoms with Gasteiger partial charge in [-0.2, -0.15) is 0 Å². The molecule has 0 aromatic carbocycles. The van der Waals surface area contributed by atoms with Gasteiger partial charge in [0, 0.05) is 25.8 Å². The monoisotopic (exact) mass is 339 g/mol. The Morgan fingerprint density at radius 1 is 1.48 bits per heavy atom. The molecule has 1 saturated heterocycles. The van der Waals surface area contributed by atoms with E-state index < -0.39 is 21.4 Å². The lowest BCUT2D eigenvalue weighted by molar-refractivity contribution is -0.146. The van der Waals surface area contributed by atoms with Crippen LogP contribution in [0.2, 0.25) is 0 Å². The van der Waals surface area contributed by atoms with E-state index in [1.54, 1.807) is 13.0 Å². The molecule has 7 nitrogen and oxygen atoms in total. The maximum absolute atomic E-state index is 12.1. The number of hydrogen-bond donors (Lipinski definition) is 2. The second kappa shape index (κ2) is 5.76. The highest BCUT2D eigenvalue weighted by Gasteiger charge is 2.40. The molecule has 1 aromatic heterocycles. The van der Waals surface area contributed by atoms with Crippen LogP contribution in [0.15, 0.2) is 23.2 Å². The summed E-state index contributed by atoms with van der Waals surface area (Å²) in [6.07, 6.45) is 4.04. The van der Waals surface area contributed by atoms with Gasteiger partial charge in [-0.1, -0.05) is 0 Å². The van der Waals surface area contributed by atoms with Crippen LogP contribution in [0.1, 0.15) is 26.2 Å². The number of rotatable bonds is 6. The number of aromatic nitrogens is 1. The van der Waals surface area contributed by atoms with E-state index in [1.165, 1.54) is 12.3 Å². The van der Waals surface area contributed by atoms with Gasteiger partial charge in [0.1, 0.15) is 10.7 Å². The van der Waals surface area contributed by atoms with Crippen LogP contribution >= 0.6 is 0 Å². The SMILES string of the molecule is CC1(C(=O)O)CCN(c2ccc(S(=O)(=O)NCC3CC3)cn2)C1. The van der Waals surface area contributed by atoms with Crippen LogP contribution in [0.5, 0.6) is 0 Å². The fourth-order valence-electron chi connectivity index (χ4n) is 2.68. The van der Waals surface area contributed by atoms with Gasteiger partial charge in [0.25, 0.3) is 0 Å². The first-order valence-corrected chi connectivity index (χ1v) is 9.23. The van der Waals surface area contributed by atoms with Crippen molar-refractivity contribution in [2.45, 2.75) is 31.1 Å². The molecular formula is C15H21N3O4S. The number of pyridine rings is 1. The first-order valence-electron chi connectivity index (χ1n) is 7.74. The zero-order valence-corrected chi connectivity index (χ0v) is 13.8. The molecular weight excluding hydrogens is 318 g/mol. The van der Waals surface area contributed by atoms with Crippen molar-refractivity contribution in [1.82, 2.24) is 9.71 Å². The summed E-state index contributed by atoms with van der Waals surface area (Å²) in [5, 5.41) is 9.26. The van der Waals surface area contributed by atoms with Crippen LogP contribution in [-0.4, -0.2) is 44.1 Å². The van der Waals surface area contributed by atoms with Crippen molar-refractivity contribution in [2.75, 3.05) is 24.5 Å². The van der Waals surface area contributed by atoms with E-state index >= 15 is 0 Å². The molecule has 2 aliphatic rings. The quantitative estimate of drug-likeness (QED) is 0.804.